The van der Waals surface area contributed by atoms with Crippen LogP contribution in [0.5, 0.6) is 0 Å². The van der Waals surface area contributed by atoms with Gasteiger partial charge >= 0.3 is 10.4 Å². The summed E-state index contributed by atoms with van der Waals surface area (Å²) >= 11 is 0. The summed E-state index contributed by atoms with van der Waals surface area (Å²) in [4.78, 5) is 0. The van der Waals surface area contributed by atoms with Gasteiger partial charge in [-0.25, -0.2) is 4.18 Å². The van der Waals surface area contributed by atoms with Crippen molar-refractivity contribution in [2.24, 2.45) is 0 Å². The van der Waals surface area contributed by atoms with Crippen molar-refractivity contribution in [2.75, 3.05) is 12.4 Å². The van der Waals surface area contributed by atoms with Crippen LogP contribution in [0.15, 0.2) is 0 Å². The Morgan fingerprint density at radius 3 is 1.09 bits per heavy atom. The summed E-state index contributed by atoms with van der Waals surface area (Å²) in [6.07, 6.45) is 23.5. The van der Waals surface area contributed by atoms with E-state index in [1.165, 1.54) is 89.9 Å². The quantitative estimate of drug-likeness (QED) is 0.106. The molecule has 0 spiro atoms. The highest BCUT2D eigenvalue weighted by molar-refractivity contribution is 7.85. The Bertz CT molecular complexity index is 590. The van der Waals surface area contributed by atoms with E-state index < -0.39 is 20.5 Å². The fourth-order valence-electron chi connectivity index (χ4n) is 3.53. The molecule has 0 aromatic heterocycles. The zero-order valence-corrected chi connectivity index (χ0v) is 22.9. The van der Waals surface area contributed by atoms with Crippen LogP contribution in [0.1, 0.15) is 142 Å². The molecule has 0 aliphatic rings. The summed E-state index contributed by atoms with van der Waals surface area (Å²) in [6.45, 7) is 4.53. The topological polar surface area (TPSA) is 118 Å². The van der Waals surface area contributed by atoms with Gasteiger partial charge < -0.3 is 0 Å². The Labute approximate surface area is 205 Å². The van der Waals surface area contributed by atoms with Crippen LogP contribution < -0.4 is 0 Å². The predicted molar refractivity (Wildman–Crippen MR) is 138 cm³/mol. The van der Waals surface area contributed by atoms with E-state index in [4.69, 9.17) is 9.11 Å². The summed E-state index contributed by atoms with van der Waals surface area (Å²) in [5.41, 5.74) is 0. The minimum absolute atomic E-state index is 0.0799. The third-order valence-electron chi connectivity index (χ3n) is 5.49. The van der Waals surface area contributed by atoms with E-state index in [9.17, 15) is 16.8 Å². The minimum Gasteiger partial charge on any atom is -0.286 e. The lowest BCUT2D eigenvalue weighted by atomic mass is 10.1. The number of rotatable bonds is 23. The molecule has 0 heterocycles. The second-order valence-corrected chi connectivity index (χ2v) is 11.6. The molecule has 0 fully saturated rings. The maximum absolute atomic E-state index is 10.4. The Kier molecular flexibility index (Phi) is 26.4. The molecule has 0 aromatic rings. The standard InChI is InChI=1S/C12H26O4S.C12H26O3S/c1-2-3-4-5-6-7-8-9-10-11-12-16-17(13,14)15;1-2-3-4-5-6-7-8-9-10-11-12-16(13,14)15/h2-12H2,1H3,(H,13,14,15);2-12H2,1H3,(H,13,14,15). The molecule has 9 heteroatoms. The predicted octanol–water partition coefficient (Wildman–Crippen LogP) is 7.52. The van der Waals surface area contributed by atoms with Crippen LogP contribution in [0, 0.1) is 0 Å². The maximum Gasteiger partial charge on any atom is 0.397 e. The average molecular weight is 517 g/mol. The van der Waals surface area contributed by atoms with Gasteiger partial charge in [0.15, 0.2) is 0 Å². The van der Waals surface area contributed by atoms with Crippen LogP contribution in [0.2, 0.25) is 0 Å². The molecule has 202 valence electrons. The van der Waals surface area contributed by atoms with Gasteiger partial charge in [0.25, 0.3) is 10.1 Å². The highest BCUT2D eigenvalue weighted by Gasteiger charge is 2.03. The van der Waals surface area contributed by atoms with Crippen molar-refractivity contribution >= 4 is 20.5 Å². The first-order chi connectivity index (χ1) is 15.6. The molecule has 0 amide bonds. The van der Waals surface area contributed by atoms with Crippen molar-refractivity contribution in [1.29, 1.82) is 0 Å². The van der Waals surface area contributed by atoms with Crippen LogP contribution in [-0.2, 0) is 24.7 Å². The van der Waals surface area contributed by atoms with E-state index in [1.54, 1.807) is 0 Å². The van der Waals surface area contributed by atoms with Gasteiger partial charge in [0.05, 0.1) is 12.4 Å². The van der Waals surface area contributed by atoms with Crippen LogP contribution in [-0.4, -0.2) is 38.3 Å². The first-order valence-electron chi connectivity index (χ1n) is 13.2. The van der Waals surface area contributed by atoms with Gasteiger partial charge in [-0.3, -0.25) is 9.11 Å². The van der Waals surface area contributed by atoms with Gasteiger partial charge in [-0.15, -0.1) is 0 Å². The number of hydrogen-bond acceptors (Lipinski definition) is 5. The van der Waals surface area contributed by atoms with Gasteiger partial charge in [0, 0.05) is 0 Å². The highest BCUT2D eigenvalue weighted by atomic mass is 32.3. The minimum atomic E-state index is -4.23. The van der Waals surface area contributed by atoms with Crippen molar-refractivity contribution in [2.45, 2.75) is 142 Å². The molecule has 0 aliphatic carbocycles. The first-order valence-corrected chi connectivity index (χ1v) is 16.2. The molecule has 0 bridgehead atoms. The van der Waals surface area contributed by atoms with Gasteiger partial charge in [-0.2, -0.15) is 16.8 Å². The summed E-state index contributed by atoms with van der Waals surface area (Å²) in [7, 11) is -7.97. The monoisotopic (exact) mass is 516 g/mol. The van der Waals surface area contributed by atoms with E-state index >= 15 is 0 Å². The van der Waals surface area contributed by atoms with Crippen LogP contribution >= 0.6 is 0 Å². The van der Waals surface area contributed by atoms with E-state index in [0.717, 1.165) is 25.7 Å². The zero-order chi connectivity index (χ0) is 25.3. The van der Waals surface area contributed by atoms with E-state index in [-0.39, 0.29) is 12.4 Å². The third kappa shape index (κ3) is 39.3. The van der Waals surface area contributed by atoms with E-state index in [0.29, 0.717) is 12.8 Å². The van der Waals surface area contributed by atoms with Crippen LogP contribution in [0.4, 0.5) is 0 Å². The Morgan fingerprint density at radius 1 is 0.485 bits per heavy atom. The molecule has 0 rings (SSSR count). The van der Waals surface area contributed by atoms with Gasteiger partial charge in [-0.05, 0) is 12.8 Å². The largest absolute Gasteiger partial charge is 0.397 e. The normalized spacial score (nSPS) is 11.9. The van der Waals surface area contributed by atoms with E-state index in [2.05, 4.69) is 18.0 Å². The van der Waals surface area contributed by atoms with Crippen molar-refractivity contribution in [3.05, 3.63) is 0 Å². The average Bonchev–Trinajstić information content (AvgIpc) is 2.72. The molecular weight excluding hydrogens is 464 g/mol. The maximum atomic E-state index is 10.4. The van der Waals surface area contributed by atoms with Crippen LogP contribution in [0.3, 0.4) is 0 Å². The molecule has 0 radical (unpaired) electrons. The first kappa shape index (κ1) is 34.9. The molecule has 2 N–H and O–H groups in total. The Morgan fingerprint density at radius 2 is 0.788 bits per heavy atom. The smallest absolute Gasteiger partial charge is 0.286 e. The molecule has 0 saturated heterocycles. The summed E-state index contributed by atoms with van der Waals surface area (Å²) in [6, 6.07) is 0. The van der Waals surface area contributed by atoms with Crippen molar-refractivity contribution < 1.29 is 30.1 Å². The summed E-state index contributed by atoms with van der Waals surface area (Å²) in [5.74, 6) is -0.0799. The molecule has 0 aliphatic heterocycles. The van der Waals surface area contributed by atoms with Crippen molar-refractivity contribution in [3.8, 4) is 0 Å². The van der Waals surface area contributed by atoms with Crippen LogP contribution in [0.25, 0.3) is 0 Å². The molecular formula is C24H52O7S2. The third-order valence-corrected chi connectivity index (χ3v) is 6.76. The Hall–Kier alpha value is -0.220. The lowest BCUT2D eigenvalue weighted by Gasteiger charge is -2.02. The van der Waals surface area contributed by atoms with Crippen molar-refractivity contribution in [1.82, 2.24) is 0 Å². The fourth-order valence-corrected chi connectivity index (χ4v) is 4.42. The molecule has 7 nitrogen and oxygen atoms in total. The van der Waals surface area contributed by atoms with Gasteiger partial charge in [0.1, 0.15) is 0 Å². The highest BCUT2D eigenvalue weighted by Crippen LogP contribution is 2.11. The SMILES string of the molecule is CCCCCCCCCCCCOS(=O)(=O)O.CCCCCCCCCCCCS(=O)(=O)O. The summed E-state index contributed by atoms with van der Waals surface area (Å²) < 4.78 is 62.3. The van der Waals surface area contributed by atoms with Crippen molar-refractivity contribution in [3.63, 3.8) is 0 Å². The summed E-state index contributed by atoms with van der Waals surface area (Å²) in [5, 5.41) is 0. The second-order valence-electron chi connectivity index (χ2n) is 8.90. The molecule has 0 aromatic carbocycles. The van der Waals surface area contributed by atoms with Gasteiger partial charge in [0.2, 0.25) is 0 Å². The van der Waals surface area contributed by atoms with Gasteiger partial charge in [-0.1, -0.05) is 129 Å². The second kappa shape index (κ2) is 24.9. The molecule has 0 unspecified atom stereocenters. The lowest BCUT2D eigenvalue weighted by molar-refractivity contribution is 0.261. The zero-order valence-electron chi connectivity index (χ0n) is 21.3. The van der Waals surface area contributed by atoms with E-state index in [1.807, 2.05) is 0 Å². The number of unbranched alkanes of at least 4 members (excludes halogenated alkanes) is 18. The number of hydrogen-bond donors (Lipinski definition) is 2. The fraction of sp³-hybridized carbons (Fsp3) is 1.00. The Balaban J connectivity index is 0. The molecule has 0 atom stereocenters. The lowest BCUT2D eigenvalue weighted by Crippen LogP contribution is -2.04. The molecule has 33 heavy (non-hydrogen) atoms. The molecule has 0 saturated carbocycles.